The van der Waals surface area contributed by atoms with E-state index in [9.17, 15) is 18.0 Å². The van der Waals surface area contributed by atoms with E-state index in [1.165, 1.54) is 23.2 Å². The Balaban J connectivity index is 1.61. The molecule has 33 heavy (non-hydrogen) atoms. The van der Waals surface area contributed by atoms with E-state index < -0.39 is 17.3 Å². The van der Waals surface area contributed by atoms with E-state index in [-0.39, 0.29) is 28.8 Å². The van der Waals surface area contributed by atoms with Crippen LogP contribution in [0.3, 0.4) is 0 Å². The molecule has 3 N–H and O–H groups in total. The number of alkyl halides is 3. The van der Waals surface area contributed by atoms with Crippen molar-refractivity contribution in [3.63, 3.8) is 0 Å². The summed E-state index contributed by atoms with van der Waals surface area (Å²) in [5.41, 5.74) is -0.748. The first-order valence-corrected chi connectivity index (χ1v) is 10.5. The molecule has 5 heterocycles. The molecule has 11 heteroatoms. The van der Waals surface area contributed by atoms with Crippen LogP contribution in [-0.4, -0.2) is 43.6 Å². The number of fused-ring (bicyclic) bond motifs is 1. The van der Waals surface area contributed by atoms with Crippen molar-refractivity contribution in [1.82, 2.24) is 29.8 Å². The van der Waals surface area contributed by atoms with Crippen molar-refractivity contribution in [2.24, 2.45) is 0 Å². The summed E-state index contributed by atoms with van der Waals surface area (Å²) in [5, 5.41) is 6.70. The Labute approximate surface area is 185 Å². The van der Waals surface area contributed by atoms with Crippen molar-refractivity contribution in [3.8, 4) is 16.9 Å². The maximum atomic E-state index is 13.8. The molecule has 170 valence electrons. The van der Waals surface area contributed by atoms with E-state index in [1.807, 2.05) is 0 Å². The van der Waals surface area contributed by atoms with E-state index in [0.29, 0.717) is 17.6 Å². The Morgan fingerprint density at radius 2 is 2.09 bits per heavy atom. The molecule has 1 aliphatic heterocycles. The van der Waals surface area contributed by atoms with Gasteiger partial charge >= 0.3 is 6.18 Å². The first-order valence-electron chi connectivity index (χ1n) is 10.5. The predicted octanol–water partition coefficient (Wildman–Crippen LogP) is 3.35. The largest absolute Gasteiger partial charge is 0.419 e. The number of piperidine rings is 1. The number of anilines is 1. The molecule has 4 aromatic heterocycles. The van der Waals surface area contributed by atoms with Gasteiger partial charge in [0.05, 0.1) is 17.6 Å². The lowest BCUT2D eigenvalue weighted by Crippen LogP contribution is -2.38. The summed E-state index contributed by atoms with van der Waals surface area (Å²) in [7, 11) is 0. The van der Waals surface area contributed by atoms with Gasteiger partial charge in [-0.3, -0.25) is 14.3 Å². The summed E-state index contributed by atoms with van der Waals surface area (Å²) in [4.78, 5) is 28.0. The molecule has 0 spiro atoms. The summed E-state index contributed by atoms with van der Waals surface area (Å²) in [6.45, 7) is 1.59. The second kappa shape index (κ2) is 8.32. The van der Waals surface area contributed by atoms with Crippen LogP contribution < -0.4 is 16.2 Å². The molecular weight excluding hydrogens is 435 g/mol. The minimum Gasteiger partial charge on any atom is -0.356 e. The van der Waals surface area contributed by atoms with Gasteiger partial charge in [0.25, 0.3) is 5.56 Å². The predicted molar refractivity (Wildman–Crippen MR) is 117 cm³/mol. The summed E-state index contributed by atoms with van der Waals surface area (Å²) in [6.07, 6.45) is 3.96. The third kappa shape index (κ3) is 4.07. The Bertz CT molecular complexity index is 1340. The van der Waals surface area contributed by atoms with Gasteiger partial charge in [-0.05, 0) is 37.6 Å². The number of nitrogens with one attached hydrogen (secondary N) is 3. The highest BCUT2D eigenvalue weighted by atomic mass is 19.4. The van der Waals surface area contributed by atoms with Crippen molar-refractivity contribution in [2.75, 3.05) is 18.4 Å². The zero-order chi connectivity index (χ0) is 23.0. The number of hydrogen-bond donors (Lipinski definition) is 3. The van der Waals surface area contributed by atoms with Crippen LogP contribution in [0.15, 0.2) is 54.0 Å². The van der Waals surface area contributed by atoms with Gasteiger partial charge in [-0.25, -0.2) is 9.97 Å². The number of nitrogens with zero attached hydrogens (tertiary/aromatic N) is 4. The second-order valence-electron chi connectivity index (χ2n) is 7.83. The quantitative estimate of drug-likeness (QED) is 0.436. The first kappa shape index (κ1) is 21.1. The van der Waals surface area contributed by atoms with Gasteiger partial charge < -0.3 is 15.6 Å². The van der Waals surface area contributed by atoms with Crippen LogP contribution in [0, 0.1) is 0 Å². The molecule has 0 aromatic carbocycles. The number of aromatic amines is 1. The first-order chi connectivity index (χ1) is 15.9. The molecule has 0 aliphatic carbocycles. The highest BCUT2D eigenvalue weighted by molar-refractivity contribution is 5.95. The lowest BCUT2D eigenvalue weighted by Gasteiger charge is -2.24. The Morgan fingerprint density at radius 1 is 1.21 bits per heavy atom. The van der Waals surface area contributed by atoms with Crippen LogP contribution in [0.5, 0.6) is 0 Å². The normalized spacial score (nSPS) is 16.8. The SMILES string of the molecule is O=c1c2[nH]cc(-c3nc(NC4CCCNC4)ncc3C(F)(F)F)c2ccn1-c1cccnc1. The number of H-pyrrole nitrogens is 1. The van der Waals surface area contributed by atoms with Crippen molar-refractivity contribution in [1.29, 1.82) is 0 Å². The summed E-state index contributed by atoms with van der Waals surface area (Å²) in [5.74, 6) is 0.116. The van der Waals surface area contributed by atoms with Gasteiger partial charge in [0.2, 0.25) is 5.95 Å². The molecule has 1 aliphatic rings. The standard InChI is InChI=1S/C22H20F3N7O/c23-22(24,25)17-12-29-21(30-13-3-1-6-26-9-13)31-18(17)16-11-28-19-15(16)5-8-32(20(19)33)14-4-2-7-27-10-14/h2,4-5,7-8,10-13,26,28H,1,3,6,9H2,(H,29,30,31). The number of aromatic nitrogens is 5. The minimum atomic E-state index is -4.66. The van der Waals surface area contributed by atoms with Gasteiger partial charge in [0.1, 0.15) is 11.1 Å². The zero-order valence-corrected chi connectivity index (χ0v) is 17.4. The van der Waals surface area contributed by atoms with Crippen LogP contribution in [0.25, 0.3) is 27.8 Å². The monoisotopic (exact) mass is 455 g/mol. The molecule has 0 amide bonds. The number of rotatable bonds is 4. The highest BCUT2D eigenvalue weighted by Gasteiger charge is 2.36. The fraction of sp³-hybridized carbons (Fsp3) is 0.273. The van der Waals surface area contributed by atoms with Crippen molar-refractivity contribution < 1.29 is 13.2 Å². The summed E-state index contributed by atoms with van der Waals surface area (Å²) < 4.78 is 42.8. The summed E-state index contributed by atoms with van der Waals surface area (Å²) >= 11 is 0. The topological polar surface area (TPSA) is 101 Å². The van der Waals surface area contributed by atoms with E-state index in [4.69, 9.17) is 0 Å². The summed E-state index contributed by atoms with van der Waals surface area (Å²) in [6, 6.07) is 5.03. The number of hydrogen-bond acceptors (Lipinski definition) is 6. The third-order valence-corrected chi connectivity index (χ3v) is 5.65. The maximum absolute atomic E-state index is 13.8. The van der Waals surface area contributed by atoms with Crippen LogP contribution in [-0.2, 0) is 6.18 Å². The molecule has 0 radical (unpaired) electrons. The average molecular weight is 455 g/mol. The fourth-order valence-corrected chi connectivity index (χ4v) is 4.04. The van der Waals surface area contributed by atoms with Crippen molar-refractivity contribution >= 4 is 16.9 Å². The van der Waals surface area contributed by atoms with Crippen LogP contribution in [0.4, 0.5) is 19.1 Å². The highest BCUT2D eigenvalue weighted by Crippen LogP contribution is 2.38. The Hall–Kier alpha value is -3.73. The van der Waals surface area contributed by atoms with Gasteiger partial charge in [-0.2, -0.15) is 13.2 Å². The molecule has 0 saturated carbocycles. The molecule has 8 nitrogen and oxygen atoms in total. The van der Waals surface area contributed by atoms with Crippen LogP contribution in [0.2, 0.25) is 0 Å². The lowest BCUT2D eigenvalue weighted by atomic mass is 10.1. The van der Waals surface area contributed by atoms with Crippen LogP contribution >= 0.6 is 0 Å². The van der Waals surface area contributed by atoms with Crippen LogP contribution in [0.1, 0.15) is 18.4 Å². The molecule has 4 aromatic rings. The molecule has 5 rings (SSSR count). The molecular formula is C22H20F3N7O. The minimum absolute atomic E-state index is 0.0259. The van der Waals surface area contributed by atoms with E-state index in [2.05, 4.69) is 30.6 Å². The molecule has 1 unspecified atom stereocenters. The van der Waals surface area contributed by atoms with Gasteiger partial charge in [0.15, 0.2) is 0 Å². The van der Waals surface area contributed by atoms with E-state index in [0.717, 1.165) is 25.6 Å². The molecule has 1 fully saturated rings. The van der Waals surface area contributed by atoms with Gasteiger partial charge in [-0.15, -0.1) is 0 Å². The van der Waals surface area contributed by atoms with Crippen molar-refractivity contribution in [2.45, 2.75) is 25.1 Å². The molecule has 1 saturated heterocycles. The smallest absolute Gasteiger partial charge is 0.356 e. The maximum Gasteiger partial charge on any atom is 0.419 e. The van der Waals surface area contributed by atoms with Gasteiger partial charge in [0, 0.05) is 48.3 Å². The lowest BCUT2D eigenvalue weighted by molar-refractivity contribution is -0.137. The van der Waals surface area contributed by atoms with Gasteiger partial charge in [-0.1, -0.05) is 0 Å². The second-order valence-corrected chi connectivity index (χ2v) is 7.83. The third-order valence-electron chi connectivity index (χ3n) is 5.65. The van der Waals surface area contributed by atoms with E-state index in [1.54, 1.807) is 24.4 Å². The number of pyridine rings is 2. The Kier molecular flexibility index (Phi) is 5.33. The average Bonchev–Trinajstić information content (AvgIpc) is 3.25. The Morgan fingerprint density at radius 3 is 2.82 bits per heavy atom. The van der Waals surface area contributed by atoms with Crippen molar-refractivity contribution in [3.05, 3.63) is 65.1 Å². The molecule has 0 bridgehead atoms. The number of halogens is 3. The molecule has 1 atom stereocenters. The zero-order valence-electron chi connectivity index (χ0n) is 17.4. The van der Waals surface area contributed by atoms with E-state index >= 15 is 0 Å². The fourth-order valence-electron chi connectivity index (χ4n) is 4.04.